The number of hydrogen-bond donors (Lipinski definition) is 8. The third-order valence-corrected chi connectivity index (χ3v) is 14.9. The lowest BCUT2D eigenvalue weighted by molar-refractivity contribution is -0.124. The number of benzene rings is 2. The Morgan fingerprint density at radius 3 is 1.74 bits per heavy atom. The number of likely N-dealkylation sites (N-methyl/N-ethyl adjacent to an activating group) is 2. The Labute approximate surface area is 459 Å². The number of nitrogens with zero attached hydrogens (tertiary/aromatic N) is 4. The number of likely N-dealkylation sites (tertiary alicyclic amines) is 2. The number of carbonyl (C=O) groups excluding carboxylic acids is 8. The van der Waals surface area contributed by atoms with E-state index in [-0.39, 0.29) is 55.0 Å². The van der Waals surface area contributed by atoms with Crippen LogP contribution >= 0.6 is 0 Å². The van der Waals surface area contributed by atoms with Gasteiger partial charge >= 0.3 is 18.1 Å². The lowest BCUT2D eigenvalue weighted by Crippen LogP contribution is -2.52. The number of imide groups is 1. The molecule has 5 atom stereocenters. The zero-order chi connectivity index (χ0) is 57.1. The molecule has 0 radical (unpaired) electrons. The van der Waals surface area contributed by atoms with E-state index in [4.69, 9.17) is 4.79 Å². The van der Waals surface area contributed by atoms with Crippen LogP contribution in [0.1, 0.15) is 121 Å². The summed E-state index contributed by atoms with van der Waals surface area (Å²) in [6.07, 6.45) is 14.8. The molecule has 0 aromatic heterocycles. The second-order valence-electron chi connectivity index (χ2n) is 20.0. The number of hydrogen-bond acceptors (Lipinski definition) is 12. The second-order valence-corrected chi connectivity index (χ2v) is 20.0. The van der Waals surface area contributed by atoms with Gasteiger partial charge in [-0.05, 0) is 155 Å². The van der Waals surface area contributed by atoms with Crippen LogP contribution in [-0.2, 0) is 49.7 Å². The van der Waals surface area contributed by atoms with Gasteiger partial charge in [-0.1, -0.05) is 68.3 Å². The summed E-state index contributed by atoms with van der Waals surface area (Å²) >= 11 is 0. The molecule has 0 bridgehead atoms. The molecule has 4 aliphatic rings. The number of carbonyl (C=O) groups is 8. The highest BCUT2D eigenvalue weighted by Crippen LogP contribution is 2.27. The number of fused-ring (bicyclic) bond motifs is 2. The van der Waals surface area contributed by atoms with Crippen molar-refractivity contribution in [2.75, 3.05) is 74.0 Å². The molecule has 2 aliphatic heterocycles. The highest BCUT2D eigenvalue weighted by molar-refractivity contribution is 5.97. The van der Waals surface area contributed by atoms with E-state index in [0.717, 1.165) is 83.6 Å². The predicted molar refractivity (Wildman–Crippen MR) is 304 cm³/mol. The molecule has 2 heterocycles. The summed E-state index contributed by atoms with van der Waals surface area (Å²) < 4.78 is 0. The standard InChI is InChI=1S/C35H65N9O6.C10H11NO.C10H13N.CH5N.CH2O/c1-7-31(46)39-28(25-45)24-43(23-17-29-14-13-21-41(29)6)34(49)38-20-12-10-9-11-19-37-33(48)42(8-2)22-18-30-16-15-26(3)44(30)35(50)40-32(47)27(4)36-5;12-7-11-10-5-8-3-1-2-4-9(8)6-10;1-11-10-6-8-4-2-3-5-9(8)7-10;2*1-2/h25-30,36H,7-24H2,1-6H3,(H,37,48)(H,38,49)(H,39,46)(H,40,47,50);1-4,7,10H,5-6H2,(H,11,12);2-5,10-11H,6-7H2,1H3;2H2,1H3;1H2/t26?,27?,28-,29-,30+;;;;/m0..../s1. The number of rotatable bonds is 24. The Bertz CT molecular complexity index is 2020. The van der Waals surface area contributed by atoms with Gasteiger partial charge in [-0.15, -0.1) is 0 Å². The fourth-order valence-electron chi connectivity index (χ4n) is 10.2. The average Bonchev–Trinajstić information content (AvgIpc) is 4.27. The molecule has 6 rings (SSSR count). The molecule has 2 aromatic rings. The lowest BCUT2D eigenvalue weighted by Gasteiger charge is -2.30. The minimum atomic E-state index is -0.745. The van der Waals surface area contributed by atoms with Crippen LogP contribution in [0.2, 0.25) is 0 Å². The number of aldehydes is 1. The van der Waals surface area contributed by atoms with E-state index < -0.39 is 12.1 Å². The summed E-state index contributed by atoms with van der Waals surface area (Å²) in [5, 5.41) is 20.1. The Morgan fingerprint density at radius 1 is 0.753 bits per heavy atom. The van der Waals surface area contributed by atoms with Gasteiger partial charge in [0.25, 0.3) is 0 Å². The van der Waals surface area contributed by atoms with Crippen molar-refractivity contribution in [2.45, 2.75) is 166 Å². The first-order valence-electron chi connectivity index (χ1n) is 27.9. The van der Waals surface area contributed by atoms with Crippen molar-refractivity contribution in [1.29, 1.82) is 0 Å². The number of nitrogens with two attached hydrogens (primary N) is 1. The molecular formula is C57H96N12O8. The molecule has 20 nitrogen and oxygen atoms in total. The Balaban J connectivity index is 0.000000597. The number of nitrogens with one attached hydrogen (secondary N) is 7. The largest absolute Gasteiger partial charge is 0.355 e. The third-order valence-electron chi connectivity index (χ3n) is 14.9. The maximum absolute atomic E-state index is 13.1. The van der Waals surface area contributed by atoms with Gasteiger partial charge < -0.3 is 66.8 Å². The zero-order valence-corrected chi connectivity index (χ0v) is 47.7. The van der Waals surface area contributed by atoms with Crippen LogP contribution in [0.15, 0.2) is 48.5 Å². The van der Waals surface area contributed by atoms with Gasteiger partial charge in [0.15, 0.2) is 0 Å². The van der Waals surface area contributed by atoms with Crippen molar-refractivity contribution in [1.82, 2.24) is 56.8 Å². The van der Waals surface area contributed by atoms with Crippen LogP contribution in [0.25, 0.3) is 0 Å². The summed E-state index contributed by atoms with van der Waals surface area (Å²) in [5.74, 6) is -0.586. The first-order chi connectivity index (χ1) is 37.2. The molecule has 9 N–H and O–H groups in total. The maximum Gasteiger partial charge on any atom is 0.324 e. The van der Waals surface area contributed by atoms with Crippen molar-refractivity contribution in [3.8, 4) is 0 Å². The lowest BCUT2D eigenvalue weighted by atomic mass is 10.1. The molecule has 20 heteroatoms. The van der Waals surface area contributed by atoms with Crippen molar-refractivity contribution in [2.24, 2.45) is 5.73 Å². The van der Waals surface area contributed by atoms with Gasteiger partial charge in [-0.25, -0.2) is 14.4 Å². The molecule has 2 fully saturated rings. The topological polar surface area (TPSA) is 260 Å². The second kappa shape index (κ2) is 38.6. The summed E-state index contributed by atoms with van der Waals surface area (Å²) in [4.78, 5) is 100. The van der Waals surface area contributed by atoms with Crippen LogP contribution in [0.5, 0.6) is 0 Å². The highest BCUT2D eigenvalue weighted by atomic mass is 16.2. The molecule has 0 spiro atoms. The molecule has 2 unspecified atom stereocenters. The minimum Gasteiger partial charge on any atom is -0.355 e. The normalized spacial score (nSPS) is 18.0. The van der Waals surface area contributed by atoms with E-state index >= 15 is 0 Å². The molecule has 432 valence electrons. The fourth-order valence-corrected chi connectivity index (χ4v) is 10.2. The highest BCUT2D eigenvalue weighted by Gasteiger charge is 2.36. The summed E-state index contributed by atoms with van der Waals surface area (Å²) in [7, 11) is 7.30. The third kappa shape index (κ3) is 23.7. The van der Waals surface area contributed by atoms with Gasteiger partial charge in [0.05, 0.1) is 6.04 Å². The molecule has 2 saturated heterocycles. The van der Waals surface area contributed by atoms with Crippen LogP contribution in [0.4, 0.5) is 14.4 Å². The SMILES string of the molecule is C=O.CCC(=O)N[C@H](C=O)CN(CC[C@@H]1CCCN1C)C(=O)NCCCCCCNC(=O)N(CC)CC[C@H]1CCC(C)N1C(=O)NC(=O)C(C)NC.CN.CNC1Cc2ccccc2C1.O=CNC1Cc2ccccc2C1. The maximum atomic E-state index is 13.1. The van der Waals surface area contributed by atoms with E-state index in [1.807, 2.05) is 39.8 Å². The van der Waals surface area contributed by atoms with Crippen LogP contribution in [0, 0.1) is 0 Å². The van der Waals surface area contributed by atoms with Gasteiger partial charge in [0.2, 0.25) is 18.2 Å². The van der Waals surface area contributed by atoms with E-state index in [2.05, 4.69) is 91.3 Å². The summed E-state index contributed by atoms with van der Waals surface area (Å²) in [6, 6.07) is 16.5. The molecule has 0 saturated carbocycles. The first kappa shape index (κ1) is 67.2. The molecular weight excluding hydrogens is 981 g/mol. The van der Waals surface area contributed by atoms with Crippen molar-refractivity contribution < 1.29 is 38.4 Å². The predicted octanol–water partition coefficient (Wildman–Crippen LogP) is 3.92. The van der Waals surface area contributed by atoms with Crippen molar-refractivity contribution in [3.63, 3.8) is 0 Å². The van der Waals surface area contributed by atoms with E-state index in [9.17, 15) is 33.6 Å². The van der Waals surface area contributed by atoms with E-state index in [1.54, 1.807) is 35.6 Å². The van der Waals surface area contributed by atoms with Gasteiger partial charge in [-0.3, -0.25) is 19.7 Å². The van der Waals surface area contributed by atoms with Crippen molar-refractivity contribution >= 4 is 49.4 Å². The van der Waals surface area contributed by atoms with E-state index in [0.29, 0.717) is 63.6 Å². The first-order valence-corrected chi connectivity index (χ1v) is 27.9. The molecule has 2 aliphatic carbocycles. The molecule has 77 heavy (non-hydrogen) atoms. The van der Waals surface area contributed by atoms with Crippen LogP contribution in [-0.4, -0.2) is 185 Å². The fraction of sp³-hybridized carbons (Fsp3) is 0.649. The van der Waals surface area contributed by atoms with Crippen LogP contribution < -0.4 is 43.0 Å². The van der Waals surface area contributed by atoms with Crippen molar-refractivity contribution in [3.05, 3.63) is 70.8 Å². The summed E-state index contributed by atoms with van der Waals surface area (Å²) in [6.45, 7) is 13.1. The Hall–Kier alpha value is -5.96. The van der Waals surface area contributed by atoms with E-state index in [1.165, 1.54) is 42.1 Å². The molecule has 9 amide bonds. The van der Waals surface area contributed by atoms with Gasteiger partial charge in [-0.2, -0.15) is 0 Å². The van der Waals surface area contributed by atoms with Gasteiger partial charge in [0.1, 0.15) is 19.1 Å². The Kier molecular flexibility index (Phi) is 33.6. The zero-order valence-electron chi connectivity index (χ0n) is 47.7. The monoisotopic (exact) mass is 1080 g/mol. The molecule has 2 aromatic carbocycles. The van der Waals surface area contributed by atoms with Gasteiger partial charge in [0, 0.05) is 75.9 Å². The Morgan fingerprint density at radius 2 is 1.27 bits per heavy atom. The minimum absolute atomic E-state index is 0.0207. The number of unbranched alkanes of at least 4 members (excludes halogenated alkanes) is 3. The summed E-state index contributed by atoms with van der Waals surface area (Å²) in [5.41, 5.74) is 10.3. The number of urea groups is 3. The average molecular weight is 1080 g/mol. The number of amides is 9. The quantitative estimate of drug-likeness (QED) is 0.0550. The smallest absolute Gasteiger partial charge is 0.324 e. The van der Waals surface area contributed by atoms with Crippen LogP contribution in [0.3, 0.4) is 0 Å².